The molecule has 0 radical (unpaired) electrons. The van der Waals surface area contributed by atoms with Gasteiger partial charge >= 0.3 is 0 Å². The monoisotopic (exact) mass is 274 g/mol. The molecule has 104 valence electrons. The highest BCUT2D eigenvalue weighted by atomic mass is 32.2. The highest BCUT2D eigenvalue weighted by Crippen LogP contribution is 2.36. The van der Waals surface area contributed by atoms with E-state index in [4.69, 9.17) is 0 Å². The summed E-state index contributed by atoms with van der Waals surface area (Å²) in [6, 6.07) is 10.8. The zero-order valence-electron chi connectivity index (χ0n) is 12.1. The summed E-state index contributed by atoms with van der Waals surface area (Å²) in [5.74, 6) is 0.956. The Labute approximate surface area is 122 Å². The first-order valence-electron chi connectivity index (χ1n) is 7.80. The maximum absolute atomic E-state index is 2.49. The van der Waals surface area contributed by atoms with Crippen LogP contribution in [0.15, 0.2) is 46.2 Å². The Morgan fingerprint density at radius 3 is 2.63 bits per heavy atom. The molecule has 0 heterocycles. The lowest BCUT2D eigenvalue weighted by atomic mass is 9.89. The van der Waals surface area contributed by atoms with Crippen LogP contribution in [-0.2, 0) is 0 Å². The van der Waals surface area contributed by atoms with Crippen LogP contribution in [0.2, 0.25) is 0 Å². The summed E-state index contributed by atoms with van der Waals surface area (Å²) in [5, 5.41) is 0. The van der Waals surface area contributed by atoms with Crippen molar-refractivity contribution < 1.29 is 0 Å². The van der Waals surface area contributed by atoms with Crippen LogP contribution in [0.3, 0.4) is 0 Å². The van der Waals surface area contributed by atoms with Crippen LogP contribution in [-0.4, -0.2) is 0 Å². The van der Waals surface area contributed by atoms with Gasteiger partial charge in [0, 0.05) is 4.90 Å². The first kappa shape index (κ1) is 14.7. The Bertz CT molecular complexity index is 380. The Morgan fingerprint density at radius 2 is 1.95 bits per heavy atom. The predicted octanol–water partition coefficient (Wildman–Crippen LogP) is 6.43. The fourth-order valence-corrected chi connectivity index (χ4v) is 3.71. The molecule has 1 aromatic rings. The lowest BCUT2D eigenvalue weighted by molar-refractivity contribution is 0.419. The average Bonchev–Trinajstić information content (AvgIpc) is 2.46. The van der Waals surface area contributed by atoms with E-state index in [-0.39, 0.29) is 0 Å². The van der Waals surface area contributed by atoms with Gasteiger partial charge in [-0.05, 0) is 42.2 Å². The van der Waals surface area contributed by atoms with Crippen LogP contribution < -0.4 is 0 Å². The number of rotatable bonds is 7. The minimum Gasteiger partial charge on any atom is -0.0949 e. The van der Waals surface area contributed by atoms with E-state index < -0.39 is 0 Å². The molecule has 19 heavy (non-hydrogen) atoms. The Hall–Kier alpha value is -0.690. The van der Waals surface area contributed by atoms with E-state index in [9.17, 15) is 0 Å². The van der Waals surface area contributed by atoms with Crippen molar-refractivity contribution in [3.05, 3.63) is 41.3 Å². The Balaban J connectivity index is 1.71. The normalized spacial score (nSPS) is 19.2. The molecule has 2 rings (SSSR count). The smallest absolute Gasteiger partial charge is 0.0118 e. The van der Waals surface area contributed by atoms with Gasteiger partial charge in [-0.1, -0.05) is 75.1 Å². The fourth-order valence-electron chi connectivity index (χ4n) is 2.72. The molecule has 0 amide bonds. The highest BCUT2D eigenvalue weighted by molar-refractivity contribution is 8.03. The molecule has 0 N–H and O–H groups in total. The van der Waals surface area contributed by atoms with Gasteiger partial charge in [0.2, 0.25) is 0 Å². The van der Waals surface area contributed by atoms with Crippen molar-refractivity contribution in [3.8, 4) is 0 Å². The van der Waals surface area contributed by atoms with Gasteiger partial charge in [-0.2, -0.15) is 0 Å². The summed E-state index contributed by atoms with van der Waals surface area (Å²) in [5.41, 5.74) is 0. The second-order valence-electron chi connectivity index (χ2n) is 5.58. The van der Waals surface area contributed by atoms with Crippen molar-refractivity contribution in [2.75, 3.05) is 0 Å². The van der Waals surface area contributed by atoms with Gasteiger partial charge < -0.3 is 0 Å². The lowest BCUT2D eigenvalue weighted by Gasteiger charge is -2.21. The minimum absolute atomic E-state index is 0.956. The molecule has 0 aromatic heterocycles. The average molecular weight is 274 g/mol. The number of unbranched alkanes of at least 4 members (excludes halogenated alkanes) is 3. The van der Waals surface area contributed by atoms with E-state index in [1.54, 1.807) is 4.91 Å². The molecular formula is C18H26S. The first-order chi connectivity index (χ1) is 9.38. The maximum atomic E-state index is 2.49. The van der Waals surface area contributed by atoms with E-state index in [2.05, 4.69) is 43.3 Å². The number of allylic oxidation sites excluding steroid dienone is 2. The zero-order chi connectivity index (χ0) is 13.3. The third kappa shape index (κ3) is 5.44. The second kappa shape index (κ2) is 8.47. The topological polar surface area (TPSA) is 0 Å². The number of thioether (sulfide) groups is 1. The quantitative estimate of drug-likeness (QED) is 0.516. The van der Waals surface area contributed by atoms with Crippen molar-refractivity contribution in [3.63, 3.8) is 0 Å². The molecule has 0 fully saturated rings. The van der Waals surface area contributed by atoms with Gasteiger partial charge in [-0.15, -0.1) is 0 Å². The summed E-state index contributed by atoms with van der Waals surface area (Å²) in [6.07, 6.45) is 13.6. The Morgan fingerprint density at radius 1 is 1.11 bits per heavy atom. The maximum Gasteiger partial charge on any atom is 0.0118 e. The molecule has 1 aliphatic rings. The van der Waals surface area contributed by atoms with Crippen molar-refractivity contribution >= 4 is 11.8 Å². The molecule has 1 unspecified atom stereocenters. The molecule has 0 nitrogen and oxygen atoms in total. The Kier molecular flexibility index (Phi) is 6.56. The van der Waals surface area contributed by atoms with Crippen LogP contribution in [0.1, 0.15) is 58.3 Å². The minimum atomic E-state index is 0.956. The molecule has 0 saturated carbocycles. The van der Waals surface area contributed by atoms with Gasteiger partial charge in [0.25, 0.3) is 0 Å². The van der Waals surface area contributed by atoms with Crippen molar-refractivity contribution in [1.29, 1.82) is 0 Å². The summed E-state index contributed by atoms with van der Waals surface area (Å²) >= 11 is 1.96. The second-order valence-corrected chi connectivity index (χ2v) is 6.78. The molecule has 0 aliphatic heterocycles. The van der Waals surface area contributed by atoms with E-state index >= 15 is 0 Å². The lowest BCUT2D eigenvalue weighted by Crippen LogP contribution is -2.04. The van der Waals surface area contributed by atoms with Crippen molar-refractivity contribution in [2.45, 2.75) is 63.2 Å². The number of hydrogen-bond donors (Lipinski definition) is 0. The predicted molar refractivity (Wildman–Crippen MR) is 86.5 cm³/mol. The van der Waals surface area contributed by atoms with Gasteiger partial charge in [0.05, 0.1) is 0 Å². The van der Waals surface area contributed by atoms with Crippen molar-refractivity contribution in [1.82, 2.24) is 0 Å². The largest absolute Gasteiger partial charge is 0.0949 e. The number of benzene rings is 1. The van der Waals surface area contributed by atoms with Gasteiger partial charge in [-0.3, -0.25) is 0 Å². The molecule has 1 atom stereocenters. The van der Waals surface area contributed by atoms with Crippen LogP contribution in [0.5, 0.6) is 0 Å². The van der Waals surface area contributed by atoms with Crippen LogP contribution >= 0.6 is 11.8 Å². The molecule has 1 aromatic carbocycles. The van der Waals surface area contributed by atoms with E-state index in [1.807, 2.05) is 11.8 Å². The SMILES string of the molecule is CCCCCCC1CC=C(Sc2ccccc2)CC1. The zero-order valence-corrected chi connectivity index (χ0v) is 12.9. The number of hydrogen-bond acceptors (Lipinski definition) is 1. The van der Waals surface area contributed by atoms with E-state index in [1.165, 1.54) is 56.3 Å². The van der Waals surface area contributed by atoms with Crippen LogP contribution in [0, 0.1) is 5.92 Å². The summed E-state index contributed by atoms with van der Waals surface area (Å²) in [6.45, 7) is 2.29. The molecule has 1 heteroatoms. The summed E-state index contributed by atoms with van der Waals surface area (Å²) < 4.78 is 0. The third-order valence-electron chi connectivity index (χ3n) is 3.94. The van der Waals surface area contributed by atoms with Gasteiger partial charge in [0.1, 0.15) is 0 Å². The molecule has 0 saturated heterocycles. The molecule has 0 bridgehead atoms. The van der Waals surface area contributed by atoms with E-state index in [0.29, 0.717) is 0 Å². The van der Waals surface area contributed by atoms with Crippen LogP contribution in [0.4, 0.5) is 0 Å². The van der Waals surface area contributed by atoms with Gasteiger partial charge in [-0.25, -0.2) is 0 Å². The fraction of sp³-hybridized carbons (Fsp3) is 0.556. The molecule has 1 aliphatic carbocycles. The van der Waals surface area contributed by atoms with Crippen molar-refractivity contribution in [2.24, 2.45) is 5.92 Å². The van der Waals surface area contributed by atoms with Crippen LogP contribution in [0.25, 0.3) is 0 Å². The molecule has 0 spiro atoms. The summed E-state index contributed by atoms with van der Waals surface area (Å²) in [4.78, 5) is 2.96. The standard InChI is InChI=1S/C18H26S/c1-2-3-4-6-9-16-12-14-18(15-13-16)19-17-10-7-5-8-11-17/h5,7-8,10-11,14,16H,2-4,6,9,12-13,15H2,1H3. The first-order valence-corrected chi connectivity index (χ1v) is 8.62. The van der Waals surface area contributed by atoms with E-state index in [0.717, 1.165) is 5.92 Å². The highest BCUT2D eigenvalue weighted by Gasteiger charge is 2.14. The van der Waals surface area contributed by atoms with Gasteiger partial charge in [0.15, 0.2) is 0 Å². The molecular weight excluding hydrogens is 248 g/mol. The summed E-state index contributed by atoms with van der Waals surface area (Å²) in [7, 11) is 0. The third-order valence-corrected chi connectivity index (χ3v) is 5.08.